The fraction of sp³-hybridized carbons (Fsp3) is 0.667. The maximum absolute atomic E-state index is 12.1. The van der Waals surface area contributed by atoms with Gasteiger partial charge in [-0.1, -0.05) is 0 Å². The molecule has 108 valence electrons. The molecule has 0 spiro atoms. The number of thiophene rings is 1. The van der Waals surface area contributed by atoms with E-state index in [2.05, 4.69) is 10.0 Å². The third-order valence-corrected chi connectivity index (χ3v) is 5.73. The molecule has 1 fully saturated rings. The van der Waals surface area contributed by atoms with Crippen LogP contribution in [0.2, 0.25) is 0 Å². The average molecular weight is 303 g/mol. The fourth-order valence-corrected chi connectivity index (χ4v) is 4.19. The zero-order valence-corrected chi connectivity index (χ0v) is 12.8. The average Bonchev–Trinajstić information content (AvgIpc) is 2.91. The van der Waals surface area contributed by atoms with Crippen LogP contribution in [0.5, 0.6) is 0 Å². The van der Waals surface area contributed by atoms with E-state index in [0.717, 1.165) is 24.9 Å². The van der Waals surface area contributed by atoms with Gasteiger partial charge < -0.3 is 5.32 Å². The summed E-state index contributed by atoms with van der Waals surface area (Å²) in [4.78, 5) is 0. The molecule has 0 bridgehead atoms. The van der Waals surface area contributed by atoms with E-state index in [0.29, 0.717) is 25.6 Å². The summed E-state index contributed by atoms with van der Waals surface area (Å²) < 4.78 is 28.5. The summed E-state index contributed by atoms with van der Waals surface area (Å²) in [5.41, 5.74) is 1.01. The van der Waals surface area contributed by atoms with E-state index < -0.39 is 10.2 Å². The monoisotopic (exact) mass is 303 g/mol. The summed E-state index contributed by atoms with van der Waals surface area (Å²) >= 11 is 1.58. The highest BCUT2D eigenvalue weighted by molar-refractivity contribution is 7.87. The Morgan fingerprint density at radius 2 is 2.16 bits per heavy atom. The van der Waals surface area contributed by atoms with Crippen LogP contribution in [0.25, 0.3) is 0 Å². The number of piperidine rings is 1. The maximum atomic E-state index is 12.1. The van der Waals surface area contributed by atoms with Crippen LogP contribution in [-0.2, 0) is 16.8 Å². The molecule has 7 heteroatoms. The Morgan fingerprint density at radius 1 is 1.42 bits per heavy atom. The number of hydrogen-bond donors (Lipinski definition) is 2. The highest BCUT2D eigenvalue weighted by Gasteiger charge is 2.27. The zero-order chi connectivity index (χ0) is 13.7. The van der Waals surface area contributed by atoms with Crippen LogP contribution >= 0.6 is 11.3 Å². The lowest BCUT2D eigenvalue weighted by molar-refractivity contribution is 0.268. The molecule has 0 atom stereocenters. The van der Waals surface area contributed by atoms with Crippen LogP contribution in [0.15, 0.2) is 16.8 Å². The molecule has 0 unspecified atom stereocenters. The SMILES string of the molecule is CNCC1CCN(S(=O)(=O)NCc2ccsc2)CC1. The maximum Gasteiger partial charge on any atom is 0.279 e. The first-order valence-corrected chi connectivity index (χ1v) is 8.90. The summed E-state index contributed by atoms with van der Waals surface area (Å²) in [7, 11) is -1.39. The topological polar surface area (TPSA) is 61.4 Å². The number of hydrogen-bond acceptors (Lipinski definition) is 4. The second kappa shape index (κ2) is 6.81. The zero-order valence-electron chi connectivity index (χ0n) is 11.1. The summed E-state index contributed by atoms with van der Waals surface area (Å²) in [6.07, 6.45) is 1.86. The molecule has 0 aliphatic carbocycles. The Bertz CT molecular complexity index is 465. The van der Waals surface area contributed by atoms with Crippen molar-refractivity contribution in [2.24, 2.45) is 5.92 Å². The van der Waals surface area contributed by atoms with E-state index in [-0.39, 0.29) is 0 Å². The van der Waals surface area contributed by atoms with Crippen molar-refractivity contribution >= 4 is 21.5 Å². The van der Waals surface area contributed by atoms with Gasteiger partial charge in [0, 0.05) is 19.6 Å². The number of nitrogens with zero attached hydrogens (tertiary/aromatic N) is 1. The van der Waals surface area contributed by atoms with Crippen molar-refractivity contribution in [2.75, 3.05) is 26.7 Å². The van der Waals surface area contributed by atoms with Gasteiger partial charge in [-0.15, -0.1) is 0 Å². The summed E-state index contributed by atoms with van der Waals surface area (Å²) in [5, 5.41) is 7.06. The first-order valence-electron chi connectivity index (χ1n) is 6.52. The minimum Gasteiger partial charge on any atom is -0.319 e. The molecule has 0 amide bonds. The Balaban J connectivity index is 1.83. The summed E-state index contributed by atoms with van der Waals surface area (Å²) in [5.74, 6) is 0.591. The van der Waals surface area contributed by atoms with Crippen molar-refractivity contribution < 1.29 is 8.42 Å². The van der Waals surface area contributed by atoms with Gasteiger partial charge in [0.2, 0.25) is 0 Å². The minimum atomic E-state index is -3.33. The third-order valence-electron chi connectivity index (χ3n) is 3.45. The second-order valence-electron chi connectivity index (χ2n) is 4.86. The van der Waals surface area contributed by atoms with Crippen LogP contribution in [0.1, 0.15) is 18.4 Å². The van der Waals surface area contributed by atoms with Gasteiger partial charge in [0.05, 0.1) is 0 Å². The molecule has 5 nitrogen and oxygen atoms in total. The smallest absolute Gasteiger partial charge is 0.279 e. The minimum absolute atomic E-state index is 0.377. The first-order chi connectivity index (χ1) is 9.12. The molecular weight excluding hydrogens is 282 g/mol. The molecule has 2 heterocycles. The van der Waals surface area contributed by atoms with E-state index in [4.69, 9.17) is 0 Å². The molecule has 1 saturated heterocycles. The standard InChI is InChI=1S/C12H21N3O2S2/c1-13-8-11-2-5-15(6-3-11)19(16,17)14-9-12-4-7-18-10-12/h4,7,10-11,13-14H,2-3,5-6,8-9H2,1H3. The largest absolute Gasteiger partial charge is 0.319 e. The molecule has 0 radical (unpaired) electrons. The lowest BCUT2D eigenvalue weighted by Gasteiger charge is -2.31. The van der Waals surface area contributed by atoms with Crippen LogP contribution in [-0.4, -0.2) is 39.4 Å². The summed E-state index contributed by atoms with van der Waals surface area (Å²) in [6, 6.07) is 1.94. The Labute approximate surface area is 119 Å². The normalized spacial score (nSPS) is 18.8. The molecule has 2 rings (SSSR count). The van der Waals surface area contributed by atoms with Crippen LogP contribution < -0.4 is 10.0 Å². The van der Waals surface area contributed by atoms with E-state index in [9.17, 15) is 8.42 Å². The lowest BCUT2D eigenvalue weighted by atomic mass is 9.98. The van der Waals surface area contributed by atoms with E-state index in [1.807, 2.05) is 23.9 Å². The predicted octanol–water partition coefficient (Wildman–Crippen LogP) is 1.01. The van der Waals surface area contributed by atoms with E-state index in [1.54, 1.807) is 15.6 Å². The highest BCUT2D eigenvalue weighted by Crippen LogP contribution is 2.18. The molecule has 1 aliphatic heterocycles. The van der Waals surface area contributed by atoms with Gasteiger partial charge >= 0.3 is 0 Å². The molecule has 1 aromatic rings. The van der Waals surface area contributed by atoms with Crippen molar-refractivity contribution in [3.8, 4) is 0 Å². The van der Waals surface area contributed by atoms with Crippen molar-refractivity contribution in [1.82, 2.24) is 14.3 Å². The third kappa shape index (κ3) is 4.25. The predicted molar refractivity (Wildman–Crippen MR) is 78.3 cm³/mol. The van der Waals surface area contributed by atoms with Gasteiger partial charge in [0.15, 0.2) is 0 Å². The molecule has 0 saturated carbocycles. The van der Waals surface area contributed by atoms with Gasteiger partial charge in [-0.05, 0) is 54.7 Å². The molecule has 1 aromatic heterocycles. The van der Waals surface area contributed by atoms with Crippen molar-refractivity contribution in [2.45, 2.75) is 19.4 Å². The Kier molecular flexibility index (Phi) is 5.35. The Hall–Kier alpha value is -0.470. The van der Waals surface area contributed by atoms with E-state index in [1.165, 1.54) is 0 Å². The first kappa shape index (κ1) is 14.9. The molecule has 2 N–H and O–H groups in total. The lowest BCUT2D eigenvalue weighted by Crippen LogP contribution is -2.45. The van der Waals surface area contributed by atoms with Gasteiger partial charge in [-0.2, -0.15) is 28.8 Å². The van der Waals surface area contributed by atoms with Crippen molar-refractivity contribution in [3.05, 3.63) is 22.4 Å². The molecule has 1 aliphatic rings. The number of rotatable bonds is 6. The van der Waals surface area contributed by atoms with Crippen molar-refractivity contribution in [3.63, 3.8) is 0 Å². The molecule has 0 aromatic carbocycles. The van der Waals surface area contributed by atoms with Crippen molar-refractivity contribution in [1.29, 1.82) is 0 Å². The van der Waals surface area contributed by atoms with Gasteiger partial charge in [0.1, 0.15) is 0 Å². The van der Waals surface area contributed by atoms with Crippen LogP contribution in [0.4, 0.5) is 0 Å². The van der Waals surface area contributed by atoms with Gasteiger partial charge in [0.25, 0.3) is 10.2 Å². The second-order valence-corrected chi connectivity index (χ2v) is 7.39. The fourth-order valence-electron chi connectivity index (χ4n) is 2.30. The van der Waals surface area contributed by atoms with E-state index >= 15 is 0 Å². The highest BCUT2D eigenvalue weighted by atomic mass is 32.2. The molecular formula is C12H21N3O2S2. The van der Waals surface area contributed by atoms with Gasteiger partial charge in [-0.25, -0.2) is 0 Å². The van der Waals surface area contributed by atoms with Gasteiger partial charge in [-0.3, -0.25) is 0 Å². The molecule has 19 heavy (non-hydrogen) atoms. The summed E-state index contributed by atoms with van der Waals surface area (Å²) in [6.45, 7) is 2.58. The Morgan fingerprint density at radius 3 is 2.74 bits per heavy atom. The van der Waals surface area contributed by atoms with Crippen LogP contribution in [0, 0.1) is 5.92 Å². The number of nitrogens with one attached hydrogen (secondary N) is 2. The van der Waals surface area contributed by atoms with Crippen LogP contribution in [0.3, 0.4) is 0 Å². The quantitative estimate of drug-likeness (QED) is 0.824.